The number of carbonyl (C=O) groups excluding carboxylic acids is 1. The van der Waals surface area contributed by atoms with Gasteiger partial charge in [0.05, 0.1) is 0 Å². The van der Waals surface area contributed by atoms with E-state index in [0.29, 0.717) is 5.92 Å². The summed E-state index contributed by atoms with van der Waals surface area (Å²) in [4.78, 5) is 23.5. The minimum absolute atomic E-state index is 0.145. The summed E-state index contributed by atoms with van der Waals surface area (Å²) >= 11 is 0. The zero-order chi connectivity index (χ0) is 14.6. The number of rotatable bonds is 7. The Bertz CT molecular complexity index is 304. The molecule has 0 aromatic rings. The Morgan fingerprint density at radius 3 is 1.89 bits per heavy atom. The van der Waals surface area contributed by atoms with Crippen LogP contribution in [0.25, 0.3) is 0 Å². The Labute approximate surface area is 110 Å². The van der Waals surface area contributed by atoms with Gasteiger partial charge in [-0.1, -0.05) is 27.7 Å². The van der Waals surface area contributed by atoms with Crippen LogP contribution in [0, 0.1) is 11.3 Å². The maximum Gasteiger partial charge on any atom is 0.328 e. The van der Waals surface area contributed by atoms with Gasteiger partial charge in [0.2, 0.25) is 5.91 Å². The first-order valence-corrected chi connectivity index (χ1v) is 6.67. The van der Waals surface area contributed by atoms with Gasteiger partial charge in [0.25, 0.3) is 0 Å². The standard InChI is InChI=1S/C14H27NO3/c1-7-14(8-2,9-10(3)4)11(16)15-13(5,6)12(17)18/h10H,7-9H2,1-6H3,(H,15,16)(H,17,18). The molecule has 0 spiro atoms. The van der Waals surface area contributed by atoms with Crippen LogP contribution in [-0.2, 0) is 9.59 Å². The van der Waals surface area contributed by atoms with E-state index in [1.807, 2.05) is 13.8 Å². The molecule has 0 aliphatic rings. The van der Waals surface area contributed by atoms with E-state index < -0.39 is 16.9 Å². The Morgan fingerprint density at radius 2 is 1.61 bits per heavy atom. The lowest BCUT2D eigenvalue weighted by atomic mass is 9.74. The summed E-state index contributed by atoms with van der Waals surface area (Å²) in [6.07, 6.45) is 2.23. The first kappa shape index (κ1) is 16.9. The Morgan fingerprint density at radius 1 is 1.17 bits per heavy atom. The first-order valence-electron chi connectivity index (χ1n) is 6.67. The normalized spacial score (nSPS) is 12.6. The lowest BCUT2D eigenvalue weighted by Crippen LogP contribution is -2.54. The van der Waals surface area contributed by atoms with Crippen molar-refractivity contribution in [1.82, 2.24) is 5.32 Å². The highest BCUT2D eigenvalue weighted by atomic mass is 16.4. The van der Waals surface area contributed by atoms with Crippen molar-refractivity contribution < 1.29 is 14.7 Å². The van der Waals surface area contributed by atoms with E-state index >= 15 is 0 Å². The smallest absolute Gasteiger partial charge is 0.328 e. The predicted molar refractivity (Wildman–Crippen MR) is 72.3 cm³/mol. The fourth-order valence-corrected chi connectivity index (χ4v) is 2.20. The summed E-state index contributed by atoms with van der Waals surface area (Å²) < 4.78 is 0. The van der Waals surface area contributed by atoms with E-state index in [9.17, 15) is 9.59 Å². The largest absolute Gasteiger partial charge is 0.480 e. The van der Waals surface area contributed by atoms with Gasteiger partial charge >= 0.3 is 5.97 Å². The lowest BCUT2D eigenvalue weighted by molar-refractivity contribution is -0.148. The fraction of sp³-hybridized carbons (Fsp3) is 0.857. The summed E-state index contributed by atoms with van der Waals surface area (Å²) in [6, 6.07) is 0. The molecule has 1 amide bonds. The van der Waals surface area contributed by atoms with Crippen molar-refractivity contribution in [3.8, 4) is 0 Å². The average molecular weight is 257 g/mol. The maximum absolute atomic E-state index is 12.4. The molecule has 4 nitrogen and oxygen atoms in total. The van der Waals surface area contributed by atoms with Crippen LogP contribution in [0.4, 0.5) is 0 Å². The Balaban J connectivity index is 5.05. The molecule has 106 valence electrons. The summed E-state index contributed by atoms with van der Waals surface area (Å²) in [6.45, 7) is 11.2. The molecule has 0 heterocycles. The molecule has 0 radical (unpaired) electrons. The van der Waals surface area contributed by atoms with Crippen molar-refractivity contribution in [2.75, 3.05) is 0 Å². The van der Waals surface area contributed by atoms with E-state index in [1.165, 1.54) is 13.8 Å². The second kappa shape index (κ2) is 6.21. The number of hydrogen-bond donors (Lipinski definition) is 2. The number of carboxylic acid groups (broad SMARTS) is 1. The molecular weight excluding hydrogens is 230 g/mol. The number of aliphatic carboxylic acids is 1. The van der Waals surface area contributed by atoms with Gasteiger partial charge in [-0.05, 0) is 39.0 Å². The second-order valence-electron chi connectivity index (χ2n) is 5.97. The molecule has 0 aliphatic heterocycles. The van der Waals surface area contributed by atoms with Gasteiger partial charge in [0, 0.05) is 5.41 Å². The van der Waals surface area contributed by atoms with E-state index in [-0.39, 0.29) is 5.91 Å². The third kappa shape index (κ3) is 4.00. The molecule has 0 aromatic carbocycles. The number of nitrogens with one attached hydrogen (secondary N) is 1. The average Bonchev–Trinajstić information content (AvgIpc) is 2.24. The van der Waals surface area contributed by atoms with Crippen molar-refractivity contribution in [2.45, 2.75) is 66.3 Å². The van der Waals surface area contributed by atoms with Crippen molar-refractivity contribution >= 4 is 11.9 Å². The van der Waals surface area contributed by atoms with Crippen molar-refractivity contribution in [2.24, 2.45) is 11.3 Å². The molecule has 0 fully saturated rings. The molecule has 0 unspecified atom stereocenters. The summed E-state index contributed by atoms with van der Waals surface area (Å²) in [7, 11) is 0. The molecule has 0 aliphatic carbocycles. The summed E-state index contributed by atoms with van der Waals surface area (Å²) in [5.74, 6) is -0.751. The van der Waals surface area contributed by atoms with Crippen LogP contribution in [0.5, 0.6) is 0 Å². The monoisotopic (exact) mass is 257 g/mol. The predicted octanol–water partition coefficient (Wildman–Crippen LogP) is 2.82. The van der Waals surface area contributed by atoms with E-state index in [2.05, 4.69) is 19.2 Å². The van der Waals surface area contributed by atoms with Crippen LogP contribution >= 0.6 is 0 Å². The molecule has 4 heteroatoms. The number of amides is 1. The quantitative estimate of drug-likeness (QED) is 0.737. The van der Waals surface area contributed by atoms with Gasteiger partial charge < -0.3 is 10.4 Å². The van der Waals surface area contributed by atoms with Crippen LogP contribution < -0.4 is 5.32 Å². The van der Waals surface area contributed by atoms with Gasteiger partial charge in [-0.3, -0.25) is 4.79 Å². The number of carboxylic acids is 1. The molecule has 18 heavy (non-hydrogen) atoms. The van der Waals surface area contributed by atoms with Gasteiger partial charge in [0.15, 0.2) is 0 Å². The van der Waals surface area contributed by atoms with Crippen molar-refractivity contribution in [3.05, 3.63) is 0 Å². The van der Waals surface area contributed by atoms with Crippen LogP contribution in [0.15, 0.2) is 0 Å². The van der Waals surface area contributed by atoms with Crippen LogP contribution in [0.1, 0.15) is 60.8 Å². The topological polar surface area (TPSA) is 66.4 Å². The zero-order valence-corrected chi connectivity index (χ0v) is 12.5. The molecule has 0 saturated heterocycles. The third-order valence-electron chi connectivity index (χ3n) is 3.59. The molecule has 0 aromatic heterocycles. The highest BCUT2D eigenvalue weighted by Gasteiger charge is 2.39. The van der Waals surface area contributed by atoms with Crippen LogP contribution in [0.2, 0.25) is 0 Å². The molecule has 0 rings (SSSR count). The molecule has 0 saturated carbocycles. The molecule has 0 atom stereocenters. The molecular formula is C14H27NO3. The van der Waals surface area contributed by atoms with E-state index in [4.69, 9.17) is 5.11 Å². The van der Waals surface area contributed by atoms with Crippen LogP contribution in [-0.4, -0.2) is 22.5 Å². The third-order valence-corrected chi connectivity index (χ3v) is 3.59. The van der Waals surface area contributed by atoms with E-state index in [1.54, 1.807) is 0 Å². The van der Waals surface area contributed by atoms with E-state index in [0.717, 1.165) is 19.3 Å². The van der Waals surface area contributed by atoms with Crippen molar-refractivity contribution in [3.63, 3.8) is 0 Å². The summed E-state index contributed by atoms with van der Waals surface area (Å²) in [5, 5.41) is 11.7. The van der Waals surface area contributed by atoms with Crippen molar-refractivity contribution in [1.29, 1.82) is 0 Å². The molecule has 0 bridgehead atoms. The molecule has 2 N–H and O–H groups in total. The van der Waals surface area contributed by atoms with Gasteiger partial charge in [-0.15, -0.1) is 0 Å². The highest BCUT2D eigenvalue weighted by Crippen LogP contribution is 2.34. The minimum Gasteiger partial charge on any atom is -0.480 e. The highest BCUT2D eigenvalue weighted by molar-refractivity contribution is 5.89. The Hall–Kier alpha value is -1.06. The van der Waals surface area contributed by atoms with Gasteiger partial charge in [0.1, 0.15) is 5.54 Å². The Kier molecular flexibility index (Phi) is 5.84. The second-order valence-corrected chi connectivity index (χ2v) is 5.97. The minimum atomic E-state index is -1.22. The summed E-state index contributed by atoms with van der Waals surface area (Å²) in [5.41, 5.74) is -1.68. The fourth-order valence-electron chi connectivity index (χ4n) is 2.20. The van der Waals surface area contributed by atoms with Gasteiger partial charge in [-0.25, -0.2) is 4.79 Å². The number of carbonyl (C=O) groups is 2. The SMILES string of the molecule is CCC(CC)(CC(C)C)C(=O)NC(C)(C)C(=O)O. The number of hydrogen-bond acceptors (Lipinski definition) is 2. The lowest BCUT2D eigenvalue weighted by Gasteiger charge is -2.35. The zero-order valence-electron chi connectivity index (χ0n) is 12.5. The van der Waals surface area contributed by atoms with Crippen LogP contribution in [0.3, 0.4) is 0 Å². The van der Waals surface area contributed by atoms with Gasteiger partial charge in [-0.2, -0.15) is 0 Å². The maximum atomic E-state index is 12.4. The first-order chi connectivity index (χ1) is 8.11.